The minimum Gasteiger partial charge on any atom is -0.259 e. The van der Waals surface area contributed by atoms with Crippen LogP contribution in [0.4, 0.5) is 0 Å². The second kappa shape index (κ2) is 4.04. The van der Waals surface area contributed by atoms with Gasteiger partial charge in [-0.05, 0) is 12.0 Å². The summed E-state index contributed by atoms with van der Waals surface area (Å²) in [6.07, 6.45) is 2.19. The molecular weight excluding hydrogens is 130 g/mol. The van der Waals surface area contributed by atoms with Crippen LogP contribution in [0.15, 0.2) is 11.8 Å². The van der Waals surface area contributed by atoms with Gasteiger partial charge in [-0.25, -0.2) is 0 Å². The molecule has 0 atom stereocenters. The van der Waals surface area contributed by atoms with E-state index in [4.69, 9.17) is 0 Å². The number of hydrogen-bond acceptors (Lipinski definition) is 2. The lowest BCUT2D eigenvalue weighted by atomic mass is 10.1. The number of rotatable bonds is 3. The molecule has 10 heavy (non-hydrogen) atoms. The van der Waals surface area contributed by atoms with Crippen molar-refractivity contribution < 1.29 is 4.92 Å². The van der Waals surface area contributed by atoms with Crippen molar-refractivity contribution in [2.75, 3.05) is 0 Å². The molecule has 0 heterocycles. The van der Waals surface area contributed by atoms with Gasteiger partial charge < -0.3 is 0 Å². The summed E-state index contributed by atoms with van der Waals surface area (Å²) in [6, 6.07) is 0. The minimum absolute atomic E-state index is 0.264. The predicted molar refractivity (Wildman–Crippen MR) is 40.2 cm³/mol. The fourth-order valence-corrected chi connectivity index (χ4v) is 0.693. The summed E-state index contributed by atoms with van der Waals surface area (Å²) in [5.74, 6) is 0.264. The van der Waals surface area contributed by atoms with Crippen LogP contribution >= 0.6 is 0 Å². The molecule has 0 aromatic heterocycles. The quantitative estimate of drug-likeness (QED) is 0.449. The lowest BCUT2D eigenvalue weighted by Gasteiger charge is -1.95. The van der Waals surface area contributed by atoms with E-state index in [9.17, 15) is 10.1 Å². The molecule has 0 bridgehead atoms. The largest absolute Gasteiger partial charge is 0.259 e. The van der Waals surface area contributed by atoms with Crippen molar-refractivity contribution in [1.29, 1.82) is 0 Å². The lowest BCUT2D eigenvalue weighted by molar-refractivity contribution is -0.428. The normalized spacial score (nSPS) is 12.2. The summed E-state index contributed by atoms with van der Waals surface area (Å²) in [6.45, 7) is 5.65. The van der Waals surface area contributed by atoms with Gasteiger partial charge in [0.25, 0.3) is 0 Å². The van der Waals surface area contributed by atoms with E-state index >= 15 is 0 Å². The molecule has 0 aromatic rings. The first-order chi connectivity index (χ1) is 4.57. The molecule has 0 rings (SSSR count). The molecule has 3 nitrogen and oxygen atoms in total. The number of nitrogens with zero attached hydrogens (tertiary/aromatic N) is 1. The highest BCUT2D eigenvalue weighted by atomic mass is 16.6. The van der Waals surface area contributed by atoms with E-state index in [-0.39, 0.29) is 10.8 Å². The van der Waals surface area contributed by atoms with Crippen molar-refractivity contribution in [3.8, 4) is 0 Å². The van der Waals surface area contributed by atoms with Crippen LogP contribution in [0.2, 0.25) is 0 Å². The van der Waals surface area contributed by atoms with Crippen molar-refractivity contribution in [3.05, 3.63) is 21.9 Å². The topological polar surface area (TPSA) is 43.1 Å². The third-order valence-corrected chi connectivity index (χ3v) is 1.12. The van der Waals surface area contributed by atoms with Gasteiger partial charge in [0, 0.05) is 6.42 Å². The van der Waals surface area contributed by atoms with Crippen molar-refractivity contribution in [2.45, 2.75) is 27.2 Å². The predicted octanol–water partition coefficient (Wildman–Crippen LogP) is 2.21. The van der Waals surface area contributed by atoms with Crippen molar-refractivity contribution in [3.63, 3.8) is 0 Å². The van der Waals surface area contributed by atoms with E-state index in [2.05, 4.69) is 0 Å². The third kappa shape index (κ3) is 3.22. The van der Waals surface area contributed by atoms with E-state index in [1.54, 1.807) is 13.0 Å². The standard InChI is InChI=1S/C7H13NO2/c1-4-7(8(9)10)5-6(2)3/h5-6H,4H2,1-3H3/b7-5+. The monoisotopic (exact) mass is 143 g/mol. The Morgan fingerprint density at radius 3 is 2.30 bits per heavy atom. The Balaban J connectivity index is 4.19. The van der Waals surface area contributed by atoms with Crippen LogP contribution in [0.25, 0.3) is 0 Å². The molecule has 58 valence electrons. The average Bonchev–Trinajstić information content (AvgIpc) is 1.81. The zero-order valence-corrected chi connectivity index (χ0v) is 6.63. The first-order valence-corrected chi connectivity index (χ1v) is 3.43. The van der Waals surface area contributed by atoms with Crippen LogP contribution in [0, 0.1) is 16.0 Å². The Morgan fingerprint density at radius 1 is 1.70 bits per heavy atom. The van der Waals surface area contributed by atoms with Gasteiger partial charge in [0.15, 0.2) is 0 Å². The SMILES string of the molecule is CC/C(=C\C(C)C)[N+](=O)[O-]. The molecule has 0 aliphatic rings. The average molecular weight is 143 g/mol. The lowest BCUT2D eigenvalue weighted by Crippen LogP contribution is -1.98. The van der Waals surface area contributed by atoms with E-state index in [1.165, 1.54) is 0 Å². The first-order valence-electron chi connectivity index (χ1n) is 3.43. The van der Waals surface area contributed by atoms with Crippen LogP contribution < -0.4 is 0 Å². The third-order valence-electron chi connectivity index (χ3n) is 1.12. The van der Waals surface area contributed by atoms with Gasteiger partial charge >= 0.3 is 0 Å². The van der Waals surface area contributed by atoms with Crippen molar-refractivity contribution >= 4 is 0 Å². The van der Waals surface area contributed by atoms with Gasteiger partial charge in [-0.1, -0.05) is 20.8 Å². The van der Waals surface area contributed by atoms with E-state index < -0.39 is 0 Å². The number of hydrogen-bond donors (Lipinski definition) is 0. The minimum atomic E-state index is -0.319. The second-order valence-electron chi connectivity index (χ2n) is 2.51. The Kier molecular flexibility index (Phi) is 3.69. The maximum Gasteiger partial charge on any atom is 0.242 e. The molecule has 0 aliphatic heterocycles. The molecule has 0 amide bonds. The summed E-state index contributed by atoms with van der Waals surface area (Å²) < 4.78 is 0. The van der Waals surface area contributed by atoms with Crippen LogP contribution in [0.3, 0.4) is 0 Å². The van der Waals surface area contributed by atoms with Gasteiger partial charge in [-0.2, -0.15) is 0 Å². The second-order valence-corrected chi connectivity index (χ2v) is 2.51. The highest BCUT2D eigenvalue weighted by Gasteiger charge is 2.06. The summed E-state index contributed by atoms with van der Waals surface area (Å²) in [5.41, 5.74) is 0.315. The molecule has 0 aliphatic carbocycles. The molecular formula is C7H13NO2. The van der Waals surface area contributed by atoms with Crippen LogP contribution in [0.5, 0.6) is 0 Å². The smallest absolute Gasteiger partial charge is 0.242 e. The number of nitro groups is 1. The summed E-state index contributed by atoms with van der Waals surface area (Å²) >= 11 is 0. The van der Waals surface area contributed by atoms with Gasteiger partial charge in [0.2, 0.25) is 5.70 Å². The van der Waals surface area contributed by atoms with Crippen molar-refractivity contribution in [2.24, 2.45) is 5.92 Å². The Hall–Kier alpha value is -0.860. The zero-order valence-electron chi connectivity index (χ0n) is 6.63. The molecule has 0 radical (unpaired) electrons. The van der Waals surface area contributed by atoms with Crippen LogP contribution in [-0.2, 0) is 0 Å². The maximum absolute atomic E-state index is 10.2. The maximum atomic E-state index is 10.2. The molecule has 0 saturated carbocycles. The van der Waals surface area contributed by atoms with E-state index in [0.717, 1.165) is 0 Å². The fraction of sp³-hybridized carbons (Fsp3) is 0.714. The van der Waals surface area contributed by atoms with Gasteiger partial charge in [-0.3, -0.25) is 10.1 Å². The molecule has 0 spiro atoms. The summed E-state index contributed by atoms with van der Waals surface area (Å²) in [4.78, 5) is 9.88. The molecule has 0 N–H and O–H groups in total. The van der Waals surface area contributed by atoms with Crippen LogP contribution in [-0.4, -0.2) is 4.92 Å². The summed E-state index contributed by atoms with van der Waals surface area (Å²) in [5, 5.41) is 10.2. The highest BCUT2D eigenvalue weighted by Crippen LogP contribution is 2.05. The molecule has 0 aromatic carbocycles. The van der Waals surface area contributed by atoms with Crippen LogP contribution in [0.1, 0.15) is 27.2 Å². The van der Waals surface area contributed by atoms with Gasteiger partial charge in [-0.15, -0.1) is 0 Å². The molecule has 0 saturated heterocycles. The zero-order chi connectivity index (χ0) is 8.15. The Morgan fingerprint density at radius 2 is 2.20 bits per heavy atom. The van der Waals surface area contributed by atoms with E-state index in [1.807, 2.05) is 13.8 Å². The molecule has 0 fully saturated rings. The molecule has 0 unspecified atom stereocenters. The molecule has 3 heteroatoms. The summed E-state index contributed by atoms with van der Waals surface area (Å²) in [7, 11) is 0. The highest BCUT2D eigenvalue weighted by molar-refractivity contribution is 4.92. The van der Waals surface area contributed by atoms with E-state index in [0.29, 0.717) is 12.1 Å². The Bertz CT molecular complexity index is 150. The number of allylic oxidation sites excluding steroid dienone is 2. The van der Waals surface area contributed by atoms with Crippen molar-refractivity contribution in [1.82, 2.24) is 0 Å². The first kappa shape index (κ1) is 9.14. The fourth-order valence-electron chi connectivity index (χ4n) is 0.693. The van der Waals surface area contributed by atoms with Gasteiger partial charge in [0.1, 0.15) is 0 Å². The van der Waals surface area contributed by atoms with Gasteiger partial charge in [0.05, 0.1) is 4.92 Å². The Labute approximate surface area is 60.9 Å².